The van der Waals surface area contributed by atoms with Crippen LogP contribution in [0.4, 0.5) is 0 Å². The average Bonchev–Trinajstić information content (AvgIpc) is 2.09. The lowest BCUT2D eigenvalue weighted by molar-refractivity contribution is -0.140. The third kappa shape index (κ3) is 6.46. The summed E-state index contributed by atoms with van der Waals surface area (Å²) in [5.74, 6) is -0.162. The summed E-state index contributed by atoms with van der Waals surface area (Å²) in [6, 6.07) is 0. The van der Waals surface area contributed by atoms with Crippen molar-refractivity contribution in [1.29, 1.82) is 0 Å². The Morgan fingerprint density at radius 3 is 2.27 bits per heavy atom. The van der Waals surface area contributed by atoms with Crippen molar-refractivity contribution >= 4 is 16.0 Å². The zero-order valence-corrected chi connectivity index (χ0v) is 10.5. The van der Waals surface area contributed by atoms with Crippen LogP contribution in [-0.2, 0) is 19.6 Å². The van der Waals surface area contributed by atoms with Crippen LogP contribution in [0.1, 0.15) is 20.3 Å². The van der Waals surface area contributed by atoms with Gasteiger partial charge in [-0.2, -0.15) is 0 Å². The van der Waals surface area contributed by atoms with Gasteiger partial charge in [-0.1, -0.05) is 13.8 Å². The Bertz CT molecular complexity index is 297. The lowest BCUT2D eigenvalue weighted by Gasteiger charge is -2.21. The van der Waals surface area contributed by atoms with Crippen molar-refractivity contribution in [2.24, 2.45) is 5.92 Å². The van der Waals surface area contributed by atoms with Crippen molar-refractivity contribution in [3.63, 3.8) is 0 Å². The van der Waals surface area contributed by atoms with E-state index in [4.69, 9.17) is 0 Å². The number of carbonyl (C=O) groups excluding carboxylic acids is 1. The minimum Gasteiger partial charge on any atom is -0.469 e. The molecule has 0 aliphatic rings. The van der Waals surface area contributed by atoms with Crippen LogP contribution >= 0.6 is 0 Å². The van der Waals surface area contributed by atoms with Crippen LogP contribution in [0.25, 0.3) is 0 Å². The number of nitrogens with zero attached hydrogens (tertiary/aromatic N) is 1. The molecular formula is C9H19NO4S. The molecule has 0 saturated heterocycles. The molecule has 5 nitrogen and oxygen atoms in total. The molecule has 6 heteroatoms. The maximum absolute atomic E-state index is 11.3. The second-order valence-corrected chi connectivity index (χ2v) is 5.82. The number of hydrogen-bond donors (Lipinski definition) is 0. The van der Waals surface area contributed by atoms with E-state index >= 15 is 0 Å². The lowest BCUT2D eigenvalue weighted by atomic mass is 10.2. The zero-order valence-electron chi connectivity index (χ0n) is 9.69. The van der Waals surface area contributed by atoms with E-state index in [2.05, 4.69) is 4.74 Å². The Hall–Kier alpha value is -0.620. The minimum atomic E-state index is -3.24. The Morgan fingerprint density at radius 1 is 1.40 bits per heavy atom. The maximum atomic E-state index is 11.3. The number of carbonyl (C=O) groups is 1. The Balaban J connectivity index is 4.34. The molecular weight excluding hydrogens is 218 g/mol. The first-order valence-electron chi connectivity index (χ1n) is 4.79. The van der Waals surface area contributed by atoms with Gasteiger partial charge >= 0.3 is 5.97 Å². The summed E-state index contributed by atoms with van der Waals surface area (Å²) >= 11 is 0. The SMILES string of the molecule is COC(=O)CCN(CC(C)C)S(C)(=O)=O. The summed E-state index contributed by atoms with van der Waals surface area (Å²) in [6.07, 6.45) is 1.24. The molecule has 0 aliphatic heterocycles. The fourth-order valence-corrected chi connectivity index (χ4v) is 2.11. The second kappa shape index (κ2) is 6.07. The standard InChI is InChI=1S/C9H19NO4S/c1-8(2)7-10(15(4,12)13)6-5-9(11)14-3/h8H,5-7H2,1-4H3. The van der Waals surface area contributed by atoms with E-state index in [1.807, 2.05) is 13.8 Å². The van der Waals surface area contributed by atoms with Gasteiger partial charge < -0.3 is 4.74 Å². The van der Waals surface area contributed by atoms with Gasteiger partial charge in [0.15, 0.2) is 0 Å². The highest BCUT2D eigenvalue weighted by molar-refractivity contribution is 7.88. The quantitative estimate of drug-likeness (QED) is 0.630. The van der Waals surface area contributed by atoms with E-state index in [9.17, 15) is 13.2 Å². The maximum Gasteiger partial charge on any atom is 0.306 e. The summed E-state index contributed by atoms with van der Waals surface area (Å²) < 4.78 is 28.4. The van der Waals surface area contributed by atoms with Gasteiger partial charge in [0.25, 0.3) is 0 Å². The second-order valence-electron chi connectivity index (χ2n) is 3.84. The van der Waals surface area contributed by atoms with Crippen LogP contribution in [0, 0.1) is 5.92 Å². The summed E-state index contributed by atoms with van der Waals surface area (Å²) in [5.41, 5.74) is 0. The van der Waals surface area contributed by atoms with Crippen LogP contribution < -0.4 is 0 Å². The molecule has 0 unspecified atom stereocenters. The van der Waals surface area contributed by atoms with Gasteiger partial charge in [0.2, 0.25) is 10.0 Å². The number of esters is 1. The molecule has 0 aliphatic carbocycles. The predicted molar refractivity (Wildman–Crippen MR) is 57.9 cm³/mol. The highest BCUT2D eigenvalue weighted by Crippen LogP contribution is 2.05. The third-order valence-electron chi connectivity index (χ3n) is 1.83. The largest absolute Gasteiger partial charge is 0.469 e. The van der Waals surface area contributed by atoms with Crippen molar-refractivity contribution < 1.29 is 17.9 Å². The van der Waals surface area contributed by atoms with E-state index < -0.39 is 16.0 Å². The summed E-state index contributed by atoms with van der Waals surface area (Å²) in [4.78, 5) is 10.9. The van der Waals surface area contributed by atoms with Crippen molar-refractivity contribution in [2.75, 3.05) is 26.5 Å². The zero-order chi connectivity index (χ0) is 12.1. The number of rotatable bonds is 6. The van der Waals surface area contributed by atoms with E-state index in [1.54, 1.807) is 0 Å². The van der Waals surface area contributed by atoms with Gasteiger partial charge in [-0.15, -0.1) is 0 Å². The molecule has 0 aromatic carbocycles. The van der Waals surface area contributed by atoms with Crippen LogP contribution in [0.3, 0.4) is 0 Å². The van der Waals surface area contributed by atoms with Gasteiger partial charge in [0.1, 0.15) is 0 Å². The molecule has 0 radical (unpaired) electrons. The molecule has 0 spiro atoms. The number of hydrogen-bond acceptors (Lipinski definition) is 4. The minimum absolute atomic E-state index is 0.0935. The van der Waals surface area contributed by atoms with Gasteiger partial charge in [0, 0.05) is 13.1 Å². The number of sulfonamides is 1. The molecule has 0 amide bonds. The molecule has 0 rings (SSSR count). The molecule has 0 fully saturated rings. The van der Waals surface area contributed by atoms with Crippen molar-refractivity contribution in [2.45, 2.75) is 20.3 Å². The Labute approximate surface area is 91.5 Å². The van der Waals surface area contributed by atoms with Crippen LogP contribution in [0.5, 0.6) is 0 Å². The van der Waals surface area contributed by atoms with Crippen molar-refractivity contribution in [3.8, 4) is 0 Å². The molecule has 90 valence electrons. The molecule has 0 heterocycles. The van der Waals surface area contributed by atoms with Gasteiger partial charge in [0.05, 0.1) is 19.8 Å². The van der Waals surface area contributed by atoms with E-state index in [1.165, 1.54) is 11.4 Å². The van der Waals surface area contributed by atoms with E-state index in [-0.39, 0.29) is 18.9 Å². The first-order valence-corrected chi connectivity index (χ1v) is 6.64. The van der Waals surface area contributed by atoms with Crippen molar-refractivity contribution in [1.82, 2.24) is 4.31 Å². The highest BCUT2D eigenvalue weighted by atomic mass is 32.2. The van der Waals surface area contributed by atoms with Crippen LogP contribution in [-0.4, -0.2) is 45.1 Å². The summed E-state index contributed by atoms with van der Waals surface area (Å²) in [5, 5.41) is 0. The Kier molecular flexibility index (Phi) is 5.82. The van der Waals surface area contributed by atoms with Gasteiger partial charge in [-0.25, -0.2) is 12.7 Å². The van der Waals surface area contributed by atoms with Gasteiger partial charge in [-0.3, -0.25) is 4.79 Å². The van der Waals surface area contributed by atoms with Gasteiger partial charge in [-0.05, 0) is 5.92 Å². The van der Waals surface area contributed by atoms with Crippen molar-refractivity contribution in [3.05, 3.63) is 0 Å². The monoisotopic (exact) mass is 237 g/mol. The number of methoxy groups -OCH3 is 1. The Morgan fingerprint density at radius 2 is 1.93 bits per heavy atom. The molecule has 0 aromatic heterocycles. The average molecular weight is 237 g/mol. The summed E-state index contributed by atoms with van der Waals surface area (Å²) in [7, 11) is -1.95. The van der Waals surface area contributed by atoms with Crippen LogP contribution in [0.2, 0.25) is 0 Å². The fourth-order valence-electron chi connectivity index (χ4n) is 1.12. The molecule has 0 N–H and O–H groups in total. The van der Waals surface area contributed by atoms with E-state index in [0.29, 0.717) is 6.54 Å². The number of ether oxygens (including phenoxy) is 1. The van der Waals surface area contributed by atoms with E-state index in [0.717, 1.165) is 6.26 Å². The molecule has 0 bridgehead atoms. The predicted octanol–water partition coefficient (Wildman–Crippen LogP) is 0.467. The molecule has 15 heavy (non-hydrogen) atoms. The molecule has 0 aromatic rings. The topological polar surface area (TPSA) is 63.7 Å². The van der Waals surface area contributed by atoms with Crippen LogP contribution in [0.15, 0.2) is 0 Å². The third-order valence-corrected chi connectivity index (χ3v) is 3.10. The molecule has 0 atom stereocenters. The highest BCUT2D eigenvalue weighted by Gasteiger charge is 2.18. The lowest BCUT2D eigenvalue weighted by Crippen LogP contribution is -2.35. The fraction of sp³-hybridized carbons (Fsp3) is 0.889. The first-order chi connectivity index (χ1) is 6.77. The molecule has 0 saturated carbocycles. The summed E-state index contributed by atoms with van der Waals surface area (Å²) in [6.45, 7) is 4.46. The normalized spacial score (nSPS) is 12.1. The first kappa shape index (κ1) is 14.4. The smallest absolute Gasteiger partial charge is 0.306 e.